The fraction of sp³-hybridized carbons (Fsp3) is 0.500. The summed E-state index contributed by atoms with van der Waals surface area (Å²) in [6, 6.07) is 0. The van der Waals surface area contributed by atoms with Crippen LogP contribution in [0.25, 0.3) is 0 Å². The minimum absolute atomic E-state index is 0. The van der Waals surface area contributed by atoms with Crippen molar-refractivity contribution in [2.45, 2.75) is 13.3 Å². The Bertz CT molecular complexity index is 326. The standard InChI is InChI=1S/C8H16N6S2.Cu/c1-4-6(12-14-8(16)10-3)5-11-13-7(15)9-2;/h5H,4H2,1-3H3,(H2,9,13,15)(H2,10,14,16);/q;+2/p-2/b11-5+,12-6+;. The van der Waals surface area contributed by atoms with Crippen molar-refractivity contribution in [3.8, 4) is 0 Å². The van der Waals surface area contributed by atoms with E-state index in [2.05, 4.69) is 31.0 Å². The zero-order valence-electron chi connectivity index (χ0n) is 9.69. The van der Waals surface area contributed by atoms with E-state index < -0.39 is 0 Å². The maximum absolute atomic E-state index is 4.81. The van der Waals surface area contributed by atoms with Gasteiger partial charge in [0, 0.05) is 14.1 Å². The van der Waals surface area contributed by atoms with E-state index in [0.717, 1.165) is 0 Å². The first-order valence-corrected chi connectivity index (χ1v) is 5.40. The SMILES string of the molecule is CCC(/C=N/N=C(\[S-])NC)=N\N=C(/[S-])NC.[Cu+2]. The van der Waals surface area contributed by atoms with Crippen molar-refractivity contribution in [1.29, 1.82) is 0 Å². The maximum Gasteiger partial charge on any atom is 2.00 e. The molecule has 0 aliphatic heterocycles. The van der Waals surface area contributed by atoms with Crippen molar-refractivity contribution in [2.75, 3.05) is 14.1 Å². The Balaban J connectivity index is 0. The van der Waals surface area contributed by atoms with Crippen LogP contribution in [0.5, 0.6) is 0 Å². The smallest absolute Gasteiger partial charge is 0.741 e. The molecule has 0 aliphatic rings. The van der Waals surface area contributed by atoms with E-state index in [4.69, 9.17) is 25.3 Å². The molecule has 0 unspecified atom stereocenters. The first-order valence-electron chi connectivity index (χ1n) is 4.59. The molecular weight excluding hydrogens is 308 g/mol. The van der Waals surface area contributed by atoms with Crippen molar-refractivity contribution in [2.24, 2.45) is 20.4 Å². The second-order valence-corrected chi connectivity index (χ2v) is 3.27. The van der Waals surface area contributed by atoms with E-state index in [1.165, 1.54) is 6.21 Å². The van der Waals surface area contributed by atoms with Gasteiger partial charge >= 0.3 is 17.1 Å². The summed E-state index contributed by atoms with van der Waals surface area (Å²) in [5, 5.41) is 21.1. The largest absolute Gasteiger partial charge is 2.00 e. The summed E-state index contributed by atoms with van der Waals surface area (Å²) in [6.45, 7) is 1.93. The van der Waals surface area contributed by atoms with E-state index in [0.29, 0.717) is 22.5 Å². The van der Waals surface area contributed by atoms with Crippen molar-refractivity contribution < 1.29 is 17.1 Å². The van der Waals surface area contributed by atoms with Crippen LogP contribution in [0.1, 0.15) is 13.3 Å². The topological polar surface area (TPSA) is 73.5 Å². The van der Waals surface area contributed by atoms with Crippen LogP contribution >= 0.6 is 0 Å². The van der Waals surface area contributed by atoms with Crippen molar-refractivity contribution >= 4 is 47.5 Å². The molecule has 0 aromatic carbocycles. The Kier molecular flexibility index (Phi) is 12.8. The molecule has 0 aromatic heterocycles. The van der Waals surface area contributed by atoms with Crippen LogP contribution in [-0.4, -0.2) is 36.4 Å². The van der Waals surface area contributed by atoms with Gasteiger partial charge in [0.05, 0.1) is 11.9 Å². The number of nitrogens with zero attached hydrogens (tertiary/aromatic N) is 4. The molecule has 0 rings (SSSR count). The molecular formula is C8H14CuN6S2. The summed E-state index contributed by atoms with van der Waals surface area (Å²) < 4.78 is 0. The Morgan fingerprint density at radius 2 is 1.59 bits per heavy atom. The van der Waals surface area contributed by atoms with Crippen LogP contribution < -0.4 is 10.6 Å². The number of amidine groups is 2. The number of nitrogens with one attached hydrogen (secondary N) is 2. The van der Waals surface area contributed by atoms with Gasteiger partial charge in [-0.25, -0.2) is 0 Å². The molecule has 0 aromatic rings. The quantitative estimate of drug-likeness (QED) is 0.251. The average molecular weight is 322 g/mol. The predicted octanol–water partition coefficient (Wildman–Crippen LogP) is -0.0197. The van der Waals surface area contributed by atoms with Crippen LogP contribution in [0, 0.1) is 0 Å². The van der Waals surface area contributed by atoms with Gasteiger partial charge in [0.1, 0.15) is 0 Å². The fourth-order valence-electron chi connectivity index (χ4n) is 0.545. The molecule has 99 valence electrons. The third-order valence-electron chi connectivity index (χ3n) is 1.41. The first kappa shape index (κ1) is 18.6. The second kappa shape index (κ2) is 11.7. The van der Waals surface area contributed by atoms with Crippen LogP contribution in [-0.2, 0) is 42.3 Å². The molecule has 0 aliphatic carbocycles. The van der Waals surface area contributed by atoms with Crippen molar-refractivity contribution in [1.82, 2.24) is 10.6 Å². The third kappa shape index (κ3) is 10.1. The normalized spacial score (nSPS) is 13.5. The average Bonchev–Trinajstić information content (AvgIpc) is 2.32. The molecule has 9 heteroatoms. The van der Waals surface area contributed by atoms with Crippen LogP contribution in [0.4, 0.5) is 0 Å². The monoisotopic (exact) mass is 321 g/mol. The van der Waals surface area contributed by atoms with Gasteiger partial charge in [-0.3, -0.25) is 0 Å². The van der Waals surface area contributed by atoms with Gasteiger partial charge in [-0.2, -0.15) is 20.4 Å². The Labute approximate surface area is 123 Å². The van der Waals surface area contributed by atoms with Gasteiger partial charge in [-0.1, -0.05) is 6.92 Å². The summed E-state index contributed by atoms with van der Waals surface area (Å²) in [4.78, 5) is 0. The summed E-state index contributed by atoms with van der Waals surface area (Å²) >= 11 is 9.59. The molecule has 0 saturated carbocycles. The van der Waals surface area contributed by atoms with Gasteiger partial charge < -0.3 is 35.9 Å². The first-order chi connectivity index (χ1) is 7.63. The summed E-state index contributed by atoms with van der Waals surface area (Å²) in [6.07, 6.45) is 2.17. The van der Waals surface area contributed by atoms with Gasteiger partial charge in [0.25, 0.3) is 0 Å². The minimum Gasteiger partial charge on any atom is -0.741 e. The zero-order valence-corrected chi connectivity index (χ0v) is 12.3. The molecule has 0 bridgehead atoms. The molecule has 0 spiro atoms. The Hall–Kier alpha value is -0.761. The molecule has 0 fully saturated rings. The van der Waals surface area contributed by atoms with E-state index in [1.54, 1.807) is 14.1 Å². The maximum atomic E-state index is 4.81. The molecule has 0 atom stereocenters. The zero-order chi connectivity index (χ0) is 12.4. The van der Waals surface area contributed by atoms with Gasteiger partial charge in [-0.05, 0) is 16.8 Å². The van der Waals surface area contributed by atoms with Crippen LogP contribution in [0.15, 0.2) is 20.4 Å². The van der Waals surface area contributed by atoms with E-state index in [9.17, 15) is 0 Å². The second-order valence-electron chi connectivity index (χ2n) is 2.50. The van der Waals surface area contributed by atoms with Gasteiger partial charge in [0.2, 0.25) is 0 Å². The van der Waals surface area contributed by atoms with Crippen LogP contribution in [0.3, 0.4) is 0 Å². The molecule has 6 nitrogen and oxygen atoms in total. The number of hydrogen-bond acceptors (Lipinski definition) is 6. The Morgan fingerprint density at radius 3 is 2.06 bits per heavy atom. The number of hydrogen-bond donors (Lipinski definition) is 2. The summed E-state index contributed by atoms with van der Waals surface area (Å²) in [7, 11) is 3.36. The van der Waals surface area contributed by atoms with Crippen molar-refractivity contribution in [3.63, 3.8) is 0 Å². The van der Waals surface area contributed by atoms with E-state index in [-0.39, 0.29) is 17.1 Å². The fourth-order valence-corrected chi connectivity index (χ4v) is 0.633. The van der Waals surface area contributed by atoms with Crippen molar-refractivity contribution in [3.05, 3.63) is 0 Å². The Morgan fingerprint density at radius 1 is 1.06 bits per heavy atom. The molecule has 0 heterocycles. The molecule has 2 N–H and O–H groups in total. The minimum atomic E-state index is 0. The molecule has 1 radical (unpaired) electrons. The third-order valence-corrected chi connectivity index (χ3v) is 1.99. The number of rotatable bonds is 4. The summed E-state index contributed by atoms with van der Waals surface area (Å²) in [5.41, 5.74) is 0.667. The van der Waals surface area contributed by atoms with Gasteiger partial charge in [0.15, 0.2) is 0 Å². The molecule has 0 saturated heterocycles. The summed E-state index contributed by atoms with van der Waals surface area (Å²) in [5.74, 6) is 0. The van der Waals surface area contributed by atoms with E-state index >= 15 is 0 Å². The molecule has 17 heavy (non-hydrogen) atoms. The van der Waals surface area contributed by atoms with Gasteiger partial charge in [-0.15, -0.1) is 0 Å². The van der Waals surface area contributed by atoms with Crippen LogP contribution in [0.2, 0.25) is 0 Å². The predicted molar refractivity (Wildman–Crippen MR) is 73.9 cm³/mol. The van der Waals surface area contributed by atoms with E-state index in [1.807, 2.05) is 6.92 Å². The molecule has 0 amide bonds.